The SMILES string of the molecule is CC(C)(S)C(=O)O.CC(C)(S)C(=O)O.CCC(O)CO. The molecule has 4 N–H and O–H groups in total. The fourth-order valence-corrected chi connectivity index (χ4v) is 0.129. The molecule has 0 spiro atoms. The van der Waals surface area contributed by atoms with Gasteiger partial charge < -0.3 is 20.4 Å². The lowest BCUT2D eigenvalue weighted by atomic mass is 10.2. The van der Waals surface area contributed by atoms with Gasteiger partial charge in [-0.05, 0) is 34.1 Å². The monoisotopic (exact) mass is 330 g/mol. The Morgan fingerprint density at radius 3 is 1.20 bits per heavy atom. The second-order valence-corrected chi connectivity index (χ2v) is 7.21. The molecule has 0 amide bonds. The molecule has 0 aliphatic heterocycles. The van der Waals surface area contributed by atoms with Crippen molar-refractivity contribution in [1.29, 1.82) is 0 Å². The van der Waals surface area contributed by atoms with Crippen LogP contribution in [-0.2, 0) is 9.59 Å². The number of aliphatic hydroxyl groups is 2. The first-order valence-electron chi connectivity index (χ1n) is 5.90. The third-order valence-corrected chi connectivity index (χ3v) is 2.11. The minimum absolute atomic E-state index is 0.115. The molecule has 0 aliphatic carbocycles. The zero-order chi connectivity index (χ0) is 17.1. The molecule has 0 aromatic rings. The van der Waals surface area contributed by atoms with Crippen LogP contribution in [-0.4, -0.2) is 54.6 Å². The predicted octanol–water partition coefficient (Wildman–Crippen LogP) is 1.31. The summed E-state index contributed by atoms with van der Waals surface area (Å²) in [7, 11) is 0. The molecule has 0 rings (SSSR count). The molecule has 0 radical (unpaired) electrons. The van der Waals surface area contributed by atoms with Crippen LogP contribution in [0, 0.1) is 0 Å². The second kappa shape index (κ2) is 11.2. The minimum Gasteiger partial charge on any atom is -0.480 e. The maximum absolute atomic E-state index is 9.94. The number of carbonyl (C=O) groups is 2. The highest BCUT2D eigenvalue weighted by molar-refractivity contribution is 7.82. The lowest BCUT2D eigenvalue weighted by Gasteiger charge is -2.07. The maximum atomic E-state index is 9.94. The van der Waals surface area contributed by atoms with Gasteiger partial charge in [0.1, 0.15) is 9.49 Å². The van der Waals surface area contributed by atoms with Crippen LogP contribution in [0.3, 0.4) is 0 Å². The van der Waals surface area contributed by atoms with Crippen molar-refractivity contribution >= 4 is 37.2 Å². The highest BCUT2D eigenvalue weighted by Crippen LogP contribution is 2.10. The molecule has 0 heterocycles. The summed E-state index contributed by atoms with van der Waals surface area (Å²) in [6.45, 7) is 7.81. The van der Waals surface area contributed by atoms with E-state index in [1.165, 1.54) is 27.7 Å². The van der Waals surface area contributed by atoms with Gasteiger partial charge in [0, 0.05) is 0 Å². The number of rotatable bonds is 4. The first-order chi connectivity index (χ1) is 8.69. The summed E-state index contributed by atoms with van der Waals surface area (Å²) in [6.07, 6.45) is 0.126. The van der Waals surface area contributed by atoms with E-state index in [9.17, 15) is 9.59 Å². The molecule has 1 atom stereocenters. The minimum atomic E-state index is -0.893. The first kappa shape index (κ1) is 24.6. The van der Waals surface area contributed by atoms with Crippen LogP contribution in [0.15, 0.2) is 0 Å². The summed E-state index contributed by atoms with van der Waals surface area (Å²) in [6, 6.07) is 0. The molecule has 0 saturated carbocycles. The number of carboxylic acids is 2. The molecule has 6 nitrogen and oxygen atoms in total. The van der Waals surface area contributed by atoms with Gasteiger partial charge in [-0.15, -0.1) is 0 Å². The van der Waals surface area contributed by atoms with Gasteiger partial charge in [-0.2, -0.15) is 25.3 Å². The van der Waals surface area contributed by atoms with E-state index in [1.807, 2.05) is 6.92 Å². The van der Waals surface area contributed by atoms with Crippen LogP contribution in [0.25, 0.3) is 0 Å². The van der Waals surface area contributed by atoms with Crippen LogP contribution in [0.2, 0.25) is 0 Å². The highest BCUT2D eigenvalue weighted by Gasteiger charge is 2.20. The van der Waals surface area contributed by atoms with E-state index in [4.69, 9.17) is 20.4 Å². The van der Waals surface area contributed by atoms with E-state index in [2.05, 4.69) is 25.3 Å². The Kier molecular flexibility index (Phi) is 13.8. The van der Waals surface area contributed by atoms with Crippen LogP contribution in [0.4, 0.5) is 0 Å². The Bertz CT molecular complexity index is 253. The Labute approximate surface area is 131 Å². The Morgan fingerprint density at radius 1 is 1.00 bits per heavy atom. The van der Waals surface area contributed by atoms with Crippen LogP contribution in [0.5, 0.6) is 0 Å². The number of aliphatic carboxylic acids is 2. The van der Waals surface area contributed by atoms with E-state index in [0.29, 0.717) is 6.42 Å². The molecule has 20 heavy (non-hydrogen) atoms. The van der Waals surface area contributed by atoms with E-state index in [1.54, 1.807) is 0 Å². The third-order valence-electron chi connectivity index (χ3n) is 1.73. The van der Waals surface area contributed by atoms with Crippen molar-refractivity contribution in [3.05, 3.63) is 0 Å². The number of aliphatic hydroxyl groups excluding tert-OH is 2. The maximum Gasteiger partial charge on any atom is 0.318 e. The average molecular weight is 330 g/mol. The normalized spacial score (nSPS) is 12.2. The van der Waals surface area contributed by atoms with Crippen molar-refractivity contribution in [2.75, 3.05) is 6.61 Å². The van der Waals surface area contributed by atoms with Gasteiger partial charge >= 0.3 is 11.9 Å². The van der Waals surface area contributed by atoms with Gasteiger partial charge in [0.25, 0.3) is 0 Å². The molecule has 0 aliphatic rings. The summed E-state index contributed by atoms with van der Waals surface area (Å²) in [5.41, 5.74) is 0. The fourth-order valence-electron chi connectivity index (χ4n) is 0.129. The average Bonchev–Trinajstić information content (AvgIpc) is 2.27. The number of hydrogen-bond donors (Lipinski definition) is 6. The van der Waals surface area contributed by atoms with Crippen molar-refractivity contribution in [1.82, 2.24) is 0 Å². The Hall–Kier alpha value is -0.440. The first-order valence-corrected chi connectivity index (χ1v) is 6.80. The van der Waals surface area contributed by atoms with E-state index >= 15 is 0 Å². The van der Waals surface area contributed by atoms with Gasteiger partial charge in [-0.1, -0.05) is 6.92 Å². The van der Waals surface area contributed by atoms with Gasteiger partial charge in [0.05, 0.1) is 12.7 Å². The summed E-state index contributed by atoms with van der Waals surface area (Å²) >= 11 is 7.50. The van der Waals surface area contributed by atoms with Gasteiger partial charge in [-0.25, -0.2) is 0 Å². The summed E-state index contributed by atoms with van der Waals surface area (Å²) in [5.74, 6) is -1.79. The second-order valence-electron chi connectivity index (χ2n) is 4.97. The molecule has 1 unspecified atom stereocenters. The molecule has 0 bridgehead atoms. The standard InChI is InChI=1S/2C4H8O2S.C4H10O2/c2*1-4(2,7)3(5)6;1-2-4(6)3-5/h2*7H,1-2H3,(H,5,6);4-6H,2-3H2,1H3. The van der Waals surface area contributed by atoms with Crippen LogP contribution >= 0.6 is 25.3 Å². The van der Waals surface area contributed by atoms with Crippen molar-refractivity contribution in [3.8, 4) is 0 Å². The highest BCUT2D eigenvalue weighted by atomic mass is 32.1. The quantitative estimate of drug-likeness (QED) is 0.433. The van der Waals surface area contributed by atoms with E-state index < -0.39 is 27.5 Å². The van der Waals surface area contributed by atoms with Gasteiger partial charge in [-0.3, -0.25) is 9.59 Å². The molecular formula is C12H26O6S2. The summed E-state index contributed by atoms with van der Waals surface area (Å²) in [5, 5.41) is 32.8. The predicted molar refractivity (Wildman–Crippen MR) is 84.8 cm³/mol. The largest absolute Gasteiger partial charge is 0.480 e. The van der Waals surface area contributed by atoms with E-state index in [0.717, 1.165) is 0 Å². The molecule has 0 saturated heterocycles. The number of carboxylic acid groups (broad SMARTS) is 2. The molecule has 122 valence electrons. The molecular weight excluding hydrogens is 304 g/mol. The van der Waals surface area contributed by atoms with E-state index in [-0.39, 0.29) is 6.61 Å². The third kappa shape index (κ3) is 19.9. The number of hydrogen-bond acceptors (Lipinski definition) is 6. The molecule has 0 aromatic heterocycles. The molecule has 0 aromatic carbocycles. The van der Waals surface area contributed by atoms with Gasteiger partial charge in [0.2, 0.25) is 0 Å². The van der Waals surface area contributed by atoms with Crippen LogP contribution in [0.1, 0.15) is 41.0 Å². The van der Waals surface area contributed by atoms with Crippen molar-refractivity contribution < 1.29 is 30.0 Å². The summed E-state index contributed by atoms with van der Waals surface area (Å²) in [4.78, 5) is 19.9. The summed E-state index contributed by atoms with van der Waals surface area (Å²) < 4.78 is -1.78. The lowest BCUT2D eigenvalue weighted by molar-refractivity contribution is -0.139. The zero-order valence-corrected chi connectivity index (χ0v) is 14.3. The molecule has 0 fully saturated rings. The molecule has 8 heteroatoms. The topological polar surface area (TPSA) is 115 Å². The van der Waals surface area contributed by atoms with Gasteiger partial charge in [0.15, 0.2) is 0 Å². The Balaban J connectivity index is -0.000000218. The van der Waals surface area contributed by atoms with Crippen LogP contribution < -0.4 is 0 Å². The van der Waals surface area contributed by atoms with Crippen molar-refractivity contribution in [3.63, 3.8) is 0 Å². The van der Waals surface area contributed by atoms with Crippen molar-refractivity contribution in [2.24, 2.45) is 0 Å². The fraction of sp³-hybridized carbons (Fsp3) is 0.833. The van der Waals surface area contributed by atoms with Crippen molar-refractivity contribution in [2.45, 2.75) is 56.6 Å². The zero-order valence-electron chi connectivity index (χ0n) is 12.5. The number of thiol groups is 2. The Morgan fingerprint density at radius 2 is 1.20 bits per heavy atom. The smallest absolute Gasteiger partial charge is 0.318 e. The lowest BCUT2D eigenvalue weighted by Crippen LogP contribution is -2.23.